The van der Waals surface area contributed by atoms with Crippen LogP contribution in [0.3, 0.4) is 0 Å². The van der Waals surface area contributed by atoms with Crippen molar-refractivity contribution in [1.29, 1.82) is 0 Å². The second-order valence-electron chi connectivity index (χ2n) is 3.24. The second-order valence-corrected chi connectivity index (χ2v) is 3.55. The molecule has 0 N–H and O–H groups in total. The lowest BCUT2D eigenvalue weighted by Crippen LogP contribution is -2.48. The topological polar surface area (TPSA) is 44.8 Å². The van der Waals surface area contributed by atoms with Gasteiger partial charge in [0.2, 0.25) is 0 Å². The molecule has 2 aliphatic heterocycles. The minimum Gasteiger partial charge on any atom is -0.457 e. The molecule has 5 heteroatoms. The number of alkyl halides is 1. The number of carbonyl (C=O) groups excluding carboxylic acids is 1. The molecule has 2 rings (SSSR count). The summed E-state index contributed by atoms with van der Waals surface area (Å²) in [5.74, 6) is 0.00812. The number of hydrogen-bond donors (Lipinski definition) is 0. The predicted octanol–water partition coefficient (Wildman–Crippen LogP) is 0.323. The highest BCUT2D eigenvalue weighted by Gasteiger charge is 2.52. The molecular weight excluding hydrogens is 196 g/mol. The smallest absolute Gasteiger partial charge is 0.303 e. The standard InChI is InChI=1S/C8H11ClO4/c1-4(10)12-8-5(2-9)13-6-3-11-7(6)8/h5-8H,2-3H2,1H3/t5-,6-,7+,8+/m0/s1. The van der Waals surface area contributed by atoms with Crippen molar-refractivity contribution in [1.82, 2.24) is 0 Å². The molecule has 13 heavy (non-hydrogen) atoms. The quantitative estimate of drug-likeness (QED) is 0.482. The molecule has 4 nitrogen and oxygen atoms in total. The highest BCUT2D eigenvalue weighted by molar-refractivity contribution is 6.18. The zero-order valence-electron chi connectivity index (χ0n) is 7.23. The summed E-state index contributed by atoms with van der Waals surface area (Å²) in [6, 6.07) is 0. The van der Waals surface area contributed by atoms with Crippen molar-refractivity contribution in [2.45, 2.75) is 31.3 Å². The largest absolute Gasteiger partial charge is 0.457 e. The van der Waals surface area contributed by atoms with Crippen LogP contribution in [0, 0.1) is 0 Å². The van der Waals surface area contributed by atoms with Crippen molar-refractivity contribution in [3.05, 3.63) is 0 Å². The number of esters is 1. The molecule has 0 saturated carbocycles. The monoisotopic (exact) mass is 206 g/mol. The van der Waals surface area contributed by atoms with Gasteiger partial charge in [-0.25, -0.2) is 0 Å². The number of carbonyl (C=O) groups is 1. The Balaban J connectivity index is 2.00. The van der Waals surface area contributed by atoms with Gasteiger partial charge in [0.25, 0.3) is 0 Å². The van der Waals surface area contributed by atoms with Crippen molar-refractivity contribution in [3.63, 3.8) is 0 Å². The fourth-order valence-corrected chi connectivity index (χ4v) is 1.93. The van der Waals surface area contributed by atoms with E-state index < -0.39 is 0 Å². The van der Waals surface area contributed by atoms with Gasteiger partial charge in [-0.3, -0.25) is 4.79 Å². The highest BCUT2D eigenvalue weighted by atomic mass is 35.5. The van der Waals surface area contributed by atoms with E-state index in [4.69, 9.17) is 25.8 Å². The van der Waals surface area contributed by atoms with Gasteiger partial charge in [0, 0.05) is 6.92 Å². The van der Waals surface area contributed by atoms with E-state index in [9.17, 15) is 4.79 Å². The van der Waals surface area contributed by atoms with E-state index >= 15 is 0 Å². The van der Waals surface area contributed by atoms with Gasteiger partial charge in [-0.05, 0) is 0 Å². The molecule has 0 radical (unpaired) electrons. The summed E-state index contributed by atoms with van der Waals surface area (Å²) >= 11 is 5.67. The summed E-state index contributed by atoms with van der Waals surface area (Å²) in [7, 11) is 0. The molecule has 0 bridgehead atoms. The molecule has 0 aromatic carbocycles. The van der Waals surface area contributed by atoms with E-state index in [1.807, 2.05) is 0 Å². The van der Waals surface area contributed by atoms with Crippen LogP contribution in [0.4, 0.5) is 0 Å². The van der Waals surface area contributed by atoms with E-state index in [0.717, 1.165) is 0 Å². The van der Waals surface area contributed by atoms with Crippen molar-refractivity contribution in [3.8, 4) is 0 Å². The van der Waals surface area contributed by atoms with Crippen molar-refractivity contribution in [2.75, 3.05) is 12.5 Å². The van der Waals surface area contributed by atoms with Crippen molar-refractivity contribution < 1.29 is 19.0 Å². The second kappa shape index (κ2) is 3.44. The molecule has 4 atom stereocenters. The van der Waals surface area contributed by atoms with Gasteiger partial charge in [0.15, 0.2) is 6.10 Å². The Morgan fingerprint density at radius 1 is 1.69 bits per heavy atom. The summed E-state index contributed by atoms with van der Waals surface area (Å²) < 4.78 is 15.8. The molecule has 74 valence electrons. The molecule has 2 heterocycles. The minimum atomic E-state index is -0.325. The zero-order chi connectivity index (χ0) is 9.42. The fourth-order valence-electron chi connectivity index (χ4n) is 1.68. The van der Waals surface area contributed by atoms with Crippen LogP contribution in [-0.4, -0.2) is 42.9 Å². The van der Waals surface area contributed by atoms with Crippen LogP contribution in [0.15, 0.2) is 0 Å². The van der Waals surface area contributed by atoms with Gasteiger partial charge < -0.3 is 14.2 Å². The first kappa shape index (κ1) is 9.24. The Hall–Kier alpha value is -0.320. The minimum absolute atomic E-state index is 0.0631. The van der Waals surface area contributed by atoms with Crippen LogP contribution in [0.5, 0.6) is 0 Å². The Morgan fingerprint density at radius 3 is 2.92 bits per heavy atom. The summed E-state index contributed by atoms with van der Waals surface area (Å²) in [6.45, 7) is 1.95. The lowest BCUT2D eigenvalue weighted by Gasteiger charge is -2.31. The predicted molar refractivity (Wildman–Crippen MR) is 44.7 cm³/mol. The highest BCUT2D eigenvalue weighted by Crippen LogP contribution is 2.33. The van der Waals surface area contributed by atoms with Gasteiger partial charge in [-0.2, -0.15) is 0 Å². The van der Waals surface area contributed by atoms with Gasteiger partial charge in [0.1, 0.15) is 18.3 Å². The average Bonchev–Trinajstić information content (AvgIpc) is 2.22. The Labute approximate surface area is 81.1 Å². The van der Waals surface area contributed by atoms with E-state index in [1.54, 1.807) is 0 Å². The molecule has 0 unspecified atom stereocenters. The maximum atomic E-state index is 10.8. The number of halogens is 1. The van der Waals surface area contributed by atoms with Gasteiger partial charge in [-0.1, -0.05) is 0 Å². The number of rotatable bonds is 2. The summed E-state index contributed by atoms with van der Waals surface area (Å²) in [5.41, 5.74) is 0. The lowest BCUT2D eigenvalue weighted by molar-refractivity contribution is -0.171. The Morgan fingerprint density at radius 2 is 2.46 bits per heavy atom. The first-order chi connectivity index (χ1) is 6.22. The zero-order valence-corrected chi connectivity index (χ0v) is 7.99. The van der Waals surface area contributed by atoms with E-state index in [2.05, 4.69) is 0 Å². The third kappa shape index (κ3) is 1.54. The third-order valence-corrected chi connectivity index (χ3v) is 2.62. The molecule has 2 fully saturated rings. The normalized spacial score (nSPS) is 42.3. The van der Waals surface area contributed by atoms with Crippen LogP contribution in [-0.2, 0) is 19.0 Å². The first-order valence-electron chi connectivity index (χ1n) is 4.22. The van der Waals surface area contributed by atoms with Gasteiger partial charge >= 0.3 is 5.97 Å². The SMILES string of the molecule is CC(=O)O[C@H]1[C@@H]2OC[C@@H]2O[C@H]1CCl. The maximum absolute atomic E-state index is 10.8. The third-order valence-electron chi connectivity index (χ3n) is 2.31. The summed E-state index contributed by atoms with van der Waals surface area (Å²) in [6.07, 6.45) is -0.586. The summed E-state index contributed by atoms with van der Waals surface area (Å²) in [5, 5.41) is 0. The molecule has 2 aliphatic rings. The Bertz CT molecular complexity index is 220. The number of fused-ring (bicyclic) bond motifs is 1. The van der Waals surface area contributed by atoms with E-state index in [-0.39, 0.29) is 30.4 Å². The number of hydrogen-bond acceptors (Lipinski definition) is 4. The Kier molecular flexibility index (Phi) is 2.45. The molecule has 2 saturated heterocycles. The molecule has 0 aromatic heterocycles. The van der Waals surface area contributed by atoms with Gasteiger partial charge in [0.05, 0.1) is 12.5 Å². The molecule has 0 aromatic rings. The van der Waals surface area contributed by atoms with E-state index in [0.29, 0.717) is 12.5 Å². The van der Waals surface area contributed by atoms with Crippen molar-refractivity contribution >= 4 is 17.6 Å². The van der Waals surface area contributed by atoms with Crippen LogP contribution < -0.4 is 0 Å². The van der Waals surface area contributed by atoms with Gasteiger partial charge in [-0.15, -0.1) is 11.6 Å². The average molecular weight is 207 g/mol. The van der Waals surface area contributed by atoms with Crippen LogP contribution >= 0.6 is 11.6 Å². The number of ether oxygens (including phenoxy) is 3. The molecular formula is C8H11ClO4. The van der Waals surface area contributed by atoms with E-state index in [1.165, 1.54) is 6.92 Å². The molecule has 0 aliphatic carbocycles. The lowest BCUT2D eigenvalue weighted by atomic mass is 10.0. The van der Waals surface area contributed by atoms with Crippen LogP contribution in [0.1, 0.15) is 6.92 Å². The summed E-state index contributed by atoms with van der Waals surface area (Å²) in [4.78, 5) is 10.8. The van der Waals surface area contributed by atoms with Crippen molar-refractivity contribution in [2.24, 2.45) is 0 Å². The fraction of sp³-hybridized carbons (Fsp3) is 0.875. The maximum Gasteiger partial charge on any atom is 0.303 e. The molecule has 0 amide bonds. The first-order valence-corrected chi connectivity index (χ1v) is 4.76. The van der Waals surface area contributed by atoms with Crippen LogP contribution in [0.25, 0.3) is 0 Å². The van der Waals surface area contributed by atoms with Crippen LogP contribution in [0.2, 0.25) is 0 Å². The molecule has 0 spiro atoms.